The van der Waals surface area contributed by atoms with E-state index in [2.05, 4.69) is 29.6 Å². The van der Waals surface area contributed by atoms with Crippen LogP contribution in [0.4, 0.5) is 0 Å². The van der Waals surface area contributed by atoms with Crippen LogP contribution in [0.1, 0.15) is 39.1 Å². The van der Waals surface area contributed by atoms with Gasteiger partial charge in [0.1, 0.15) is 11.9 Å². The Labute approximate surface area is 169 Å². The van der Waals surface area contributed by atoms with Gasteiger partial charge < -0.3 is 5.32 Å². The van der Waals surface area contributed by atoms with Gasteiger partial charge in [0.25, 0.3) is 5.24 Å². The number of carbonyl (C=O) groups is 1. The second-order valence-corrected chi connectivity index (χ2v) is 6.56. The average molecular weight is 397 g/mol. The molecule has 27 heavy (non-hydrogen) atoms. The Morgan fingerprint density at radius 2 is 1.37 bits per heavy atom. The fourth-order valence-electron chi connectivity index (χ4n) is 3.24. The van der Waals surface area contributed by atoms with E-state index in [1.165, 1.54) is 5.56 Å². The third-order valence-corrected chi connectivity index (χ3v) is 4.78. The smallest absolute Gasteiger partial charge is 0.252 e. The van der Waals surface area contributed by atoms with Crippen LogP contribution in [0, 0.1) is 0 Å². The topological polar surface area (TPSA) is 41.5 Å². The molecule has 1 heterocycles. The molecular weight excluding hydrogens is 379 g/mol. The van der Waals surface area contributed by atoms with Crippen molar-refractivity contribution < 1.29 is 4.79 Å². The first-order valence-electron chi connectivity index (χ1n) is 8.47. The summed E-state index contributed by atoms with van der Waals surface area (Å²) in [6.07, 6.45) is 0. The van der Waals surface area contributed by atoms with Crippen LogP contribution in [-0.2, 0) is 0 Å². The molecule has 0 spiro atoms. The van der Waals surface area contributed by atoms with E-state index in [1.54, 1.807) is 12.1 Å². The highest BCUT2D eigenvalue weighted by molar-refractivity contribution is 6.67. The number of amidine groups is 1. The van der Waals surface area contributed by atoms with Gasteiger partial charge in [-0.15, -0.1) is 12.4 Å². The van der Waals surface area contributed by atoms with Gasteiger partial charge in [0.2, 0.25) is 0 Å². The second-order valence-electron chi connectivity index (χ2n) is 6.22. The number of hydrogen-bond acceptors (Lipinski definition) is 3. The lowest BCUT2D eigenvalue weighted by molar-refractivity contribution is 0.108. The second kappa shape index (κ2) is 8.38. The molecule has 0 saturated carbocycles. The van der Waals surface area contributed by atoms with E-state index in [4.69, 9.17) is 16.6 Å². The van der Waals surface area contributed by atoms with Gasteiger partial charge in [0, 0.05) is 11.1 Å². The van der Waals surface area contributed by atoms with Crippen molar-refractivity contribution >= 4 is 35.1 Å². The standard InChI is InChI=1S/C22H17ClN2O.ClH/c23-21(26)17-11-13-18(14-12-17)22-24-19(15-7-3-1-4-8-15)20(25-22)16-9-5-2-6-10-16;/h1-14,19-20H,(H,24,25);1H. The molecule has 0 radical (unpaired) electrons. The fourth-order valence-corrected chi connectivity index (χ4v) is 3.36. The molecule has 3 nitrogen and oxygen atoms in total. The third kappa shape index (κ3) is 4.05. The van der Waals surface area contributed by atoms with Gasteiger partial charge in [-0.25, -0.2) is 0 Å². The van der Waals surface area contributed by atoms with Crippen LogP contribution >= 0.6 is 24.0 Å². The molecule has 0 aromatic heterocycles. The van der Waals surface area contributed by atoms with E-state index < -0.39 is 5.24 Å². The lowest BCUT2D eigenvalue weighted by Crippen LogP contribution is -2.25. The van der Waals surface area contributed by atoms with Gasteiger partial charge in [0.15, 0.2) is 0 Å². The zero-order valence-electron chi connectivity index (χ0n) is 14.4. The summed E-state index contributed by atoms with van der Waals surface area (Å²) in [5, 5.41) is 3.10. The van der Waals surface area contributed by atoms with Crippen LogP contribution in [0.3, 0.4) is 0 Å². The zero-order valence-corrected chi connectivity index (χ0v) is 16.0. The highest BCUT2D eigenvalue weighted by Crippen LogP contribution is 2.36. The Morgan fingerprint density at radius 3 is 1.93 bits per heavy atom. The number of halogens is 2. The van der Waals surface area contributed by atoms with Crippen molar-refractivity contribution in [3.8, 4) is 0 Å². The highest BCUT2D eigenvalue weighted by atomic mass is 35.5. The molecule has 0 amide bonds. The molecular formula is C22H18Cl2N2O. The predicted octanol–water partition coefficient (Wildman–Crippen LogP) is 5.32. The zero-order chi connectivity index (χ0) is 17.9. The van der Waals surface area contributed by atoms with E-state index >= 15 is 0 Å². The number of hydrogen-bond donors (Lipinski definition) is 1. The number of nitrogens with one attached hydrogen (secondary N) is 1. The summed E-state index contributed by atoms with van der Waals surface area (Å²) in [6, 6.07) is 27.8. The molecule has 136 valence electrons. The summed E-state index contributed by atoms with van der Waals surface area (Å²) in [5.74, 6) is 0.821. The van der Waals surface area contributed by atoms with Crippen LogP contribution in [-0.4, -0.2) is 11.1 Å². The third-order valence-electron chi connectivity index (χ3n) is 4.56. The lowest BCUT2D eigenvalue weighted by Gasteiger charge is -2.19. The first-order valence-corrected chi connectivity index (χ1v) is 8.84. The van der Waals surface area contributed by atoms with Crippen molar-refractivity contribution in [2.45, 2.75) is 12.1 Å². The van der Waals surface area contributed by atoms with Crippen LogP contribution < -0.4 is 5.32 Å². The molecule has 4 rings (SSSR count). The Kier molecular flexibility index (Phi) is 5.94. The molecule has 5 heteroatoms. The molecule has 2 atom stereocenters. The average Bonchev–Trinajstić information content (AvgIpc) is 3.15. The number of benzene rings is 3. The number of nitrogens with zero attached hydrogens (tertiary/aromatic N) is 1. The summed E-state index contributed by atoms with van der Waals surface area (Å²) in [6.45, 7) is 0. The van der Waals surface area contributed by atoms with Gasteiger partial charge in [-0.2, -0.15) is 0 Å². The van der Waals surface area contributed by atoms with Gasteiger partial charge in [-0.3, -0.25) is 9.79 Å². The molecule has 0 saturated heterocycles. The van der Waals surface area contributed by atoms with E-state index in [9.17, 15) is 4.79 Å². The van der Waals surface area contributed by atoms with Gasteiger partial charge in [0.05, 0.1) is 6.04 Å². The SMILES string of the molecule is Cl.O=C(Cl)c1ccc(C2=NC(c3ccccc3)C(c3ccccc3)N2)cc1. The Hall–Kier alpha value is -2.62. The fraction of sp³-hybridized carbons (Fsp3) is 0.0909. The van der Waals surface area contributed by atoms with Crippen LogP contribution in [0.25, 0.3) is 0 Å². The van der Waals surface area contributed by atoms with Crippen molar-refractivity contribution in [1.82, 2.24) is 5.32 Å². The van der Waals surface area contributed by atoms with Crippen LogP contribution in [0.5, 0.6) is 0 Å². The minimum Gasteiger partial charge on any atom is -0.361 e. The van der Waals surface area contributed by atoms with Crippen LogP contribution in [0.2, 0.25) is 0 Å². The van der Waals surface area contributed by atoms with E-state index in [1.807, 2.05) is 48.5 Å². The molecule has 1 aliphatic heterocycles. The van der Waals surface area contributed by atoms with Gasteiger partial charge in [-0.1, -0.05) is 72.8 Å². The summed E-state index contributed by atoms with van der Waals surface area (Å²) in [7, 11) is 0. The molecule has 3 aromatic carbocycles. The van der Waals surface area contributed by atoms with Crippen molar-refractivity contribution in [3.05, 3.63) is 107 Å². The highest BCUT2D eigenvalue weighted by Gasteiger charge is 2.31. The largest absolute Gasteiger partial charge is 0.361 e. The van der Waals surface area contributed by atoms with Crippen molar-refractivity contribution in [3.63, 3.8) is 0 Å². The normalized spacial score (nSPS) is 18.2. The van der Waals surface area contributed by atoms with E-state index in [0.29, 0.717) is 5.56 Å². The molecule has 1 aliphatic rings. The summed E-state index contributed by atoms with van der Waals surface area (Å²) >= 11 is 5.54. The quantitative estimate of drug-likeness (QED) is 0.606. The molecule has 0 aliphatic carbocycles. The molecule has 0 fully saturated rings. The minimum absolute atomic E-state index is 0. The molecule has 0 bridgehead atoms. The maximum atomic E-state index is 11.3. The van der Waals surface area contributed by atoms with Crippen molar-refractivity contribution in [2.24, 2.45) is 4.99 Å². The first-order chi connectivity index (χ1) is 12.7. The Morgan fingerprint density at radius 1 is 0.815 bits per heavy atom. The van der Waals surface area contributed by atoms with Crippen molar-refractivity contribution in [1.29, 1.82) is 0 Å². The molecule has 3 aromatic rings. The summed E-state index contributed by atoms with van der Waals surface area (Å²) in [4.78, 5) is 16.2. The Balaban J connectivity index is 0.00000210. The van der Waals surface area contributed by atoms with Gasteiger partial charge >= 0.3 is 0 Å². The minimum atomic E-state index is -0.456. The first kappa shape index (κ1) is 19.2. The lowest BCUT2D eigenvalue weighted by atomic mass is 9.95. The van der Waals surface area contributed by atoms with Gasteiger partial charge in [-0.05, 0) is 34.9 Å². The maximum absolute atomic E-state index is 11.3. The number of carbonyl (C=O) groups excluding carboxylic acids is 1. The molecule has 2 unspecified atom stereocenters. The summed E-state index contributed by atoms with van der Waals surface area (Å²) in [5.41, 5.74) is 3.77. The maximum Gasteiger partial charge on any atom is 0.252 e. The van der Waals surface area contributed by atoms with E-state index in [-0.39, 0.29) is 24.5 Å². The van der Waals surface area contributed by atoms with Crippen LogP contribution in [0.15, 0.2) is 89.9 Å². The molecule has 1 N–H and O–H groups in total. The Bertz CT molecular complexity index is 941. The summed E-state index contributed by atoms with van der Waals surface area (Å²) < 4.78 is 0. The van der Waals surface area contributed by atoms with E-state index in [0.717, 1.165) is 17.0 Å². The predicted molar refractivity (Wildman–Crippen MR) is 112 cm³/mol. The number of aliphatic imine (C=N–C) groups is 1. The van der Waals surface area contributed by atoms with Crippen molar-refractivity contribution in [2.75, 3.05) is 0 Å². The number of rotatable bonds is 4. The monoisotopic (exact) mass is 396 g/mol.